The number of nitrogens with zero attached hydrogens (tertiary/aromatic N) is 2. The number of hydrogen-bond donors (Lipinski definition) is 0. The Morgan fingerprint density at radius 3 is 2.30 bits per heavy atom. The van der Waals surface area contributed by atoms with Crippen molar-refractivity contribution >= 4 is 31.7 Å². The molecule has 0 N–H and O–H groups in total. The van der Waals surface area contributed by atoms with Crippen molar-refractivity contribution in [1.29, 1.82) is 0 Å². The molecular formula is C20H20N2O6S2. The van der Waals surface area contributed by atoms with Crippen molar-refractivity contribution in [2.24, 2.45) is 0 Å². The second kappa shape index (κ2) is 7.51. The predicted molar refractivity (Wildman–Crippen MR) is 109 cm³/mol. The van der Waals surface area contributed by atoms with Crippen molar-refractivity contribution < 1.29 is 26.4 Å². The highest BCUT2D eigenvalue weighted by atomic mass is 32.2. The van der Waals surface area contributed by atoms with E-state index in [9.17, 15) is 26.4 Å². The number of amides is 2. The molecule has 0 saturated carbocycles. The Balaban J connectivity index is 1.62. The van der Waals surface area contributed by atoms with Gasteiger partial charge in [-0.3, -0.25) is 9.59 Å². The first-order valence-corrected chi connectivity index (χ1v) is 12.6. The van der Waals surface area contributed by atoms with Crippen LogP contribution >= 0.6 is 0 Å². The molecule has 30 heavy (non-hydrogen) atoms. The van der Waals surface area contributed by atoms with E-state index >= 15 is 0 Å². The number of sulfone groups is 1. The van der Waals surface area contributed by atoms with Crippen LogP contribution < -0.4 is 0 Å². The predicted octanol–water partition coefficient (Wildman–Crippen LogP) is 1.05. The summed E-state index contributed by atoms with van der Waals surface area (Å²) in [7, 11) is -7.39. The molecule has 1 fully saturated rings. The highest BCUT2D eigenvalue weighted by Crippen LogP contribution is 2.30. The van der Waals surface area contributed by atoms with Gasteiger partial charge in [-0.2, -0.15) is 0 Å². The zero-order valence-electron chi connectivity index (χ0n) is 16.0. The Hall–Kier alpha value is -2.72. The van der Waals surface area contributed by atoms with Gasteiger partial charge in [0.1, 0.15) is 11.4 Å². The van der Waals surface area contributed by atoms with Crippen molar-refractivity contribution in [2.75, 3.05) is 18.1 Å². The average molecular weight is 449 g/mol. The number of benzene rings is 2. The van der Waals surface area contributed by atoms with E-state index in [0.717, 1.165) is 5.56 Å². The molecule has 0 radical (unpaired) electrons. The van der Waals surface area contributed by atoms with Crippen molar-refractivity contribution in [3.05, 3.63) is 65.7 Å². The summed E-state index contributed by atoms with van der Waals surface area (Å²) in [5.41, 5.74) is 0.817. The fourth-order valence-electron chi connectivity index (χ4n) is 3.82. The first-order chi connectivity index (χ1) is 14.2. The van der Waals surface area contributed by atoms with E-state index < -0.39 is 44.3 Å². The van der Waals surface area contributed by atoms with Crippen LogP contribution in [0.1, 0.15) is 22.3 Å². The smallest absolute Gasteiger partial charge is 0.269 e. The molecule has 0 unspecified atom stereocenters. The number of hydrogen-bond acceptors (Lipinski definition) is 6. The second-order valence-electron chi connectivity index (χ2n) is 7.38. The van der Waals surface area contributed by atoms with Crippen LogP contribution in [0.4, 0.5) is 0 Å². The molecule has 10 heteroatoms. The molecule has 0 bridgehead atoms. The summed E-state index contributed by atoms with van der Waals surface area (Å²) in [6, 6.07) is 14.3. The van der Waals surface area contributed by atoms with Gasteiger partial charge in [-0.15, -0.1) is 0 Å². The van der Waals surface area contributed by atoms with Crippen LogP contribution in [-0.2, 0) is 31.2 Å². The van der Waals surface area contributed by atoms with Crippen LogP contribution in [-0.4, -0.2) is 61.9 Å². The van der Waals surface area contributed by atoms with Crippen molar-refractivity contribution in [2.45, 2.75) is 23.9 Å². The molecule has 1 saturated heterocycles. The van der Waals surface area contributed by atoms with Gasteiger partial charge < -0.3 is 4.90 Å². The van der Waals surface area contributed by atoms with E-state index in [1.54, 1.807) is 30.3 Å². The van der Waals surface area contributed by atoms with Crippen molar-refractivity contribution in [1.82, 2.24) is 9.21 Å². The summed E-state index contributed by atoms with van der Waals surface area (Å²) in [5, 5.41) is 0. The van der Waals surface area contributed by atoms with Crippen LogP contribution in [0.15, 0.2) is 59.5 Å². The molecule has 4 rings (SSSR count). The zero-order chi connectivity index (χ0) is 21.5. The van der Waals surface area contributed by atoms with Gasteiger partial charge in [0.15, 0.2) is 9.84 Å². The molecule has 0 aliphatic carbocycles. The number of carbonyl (C=O) groups is 2. The molecule has 0 spiro atoms. The summed E-state index contributed by atoms with van der Waals surface area (Å²) in [6.45, 7) is -0.534. The molecule has 2 amide bonds. The van der Waals surface area contributed by atoms with E-state index in [4.69, 9.17) is 0 Å². The van der Waals surface area contributed by atoms with E-state index in [2.05, 4.69) is 0 Å². The summed E-state index contributed by atoms with van der Waals surface area (Å²) >= 11 is 0. The lowest BCUT2D eigenvalue weighted by Gasteiger charge is -2.30. The molecule has 2 aliphatic heterocycles. The Morgan fingerprint density at radius 2 is 1.67 bits per heavy atom. The van der Waals surface area contributed by atoms with Gasteiger partial charge in [-0.05, 0) is 24.1 Å². The average Bonchev–Trinajstić information content (AvgIpc) is 3.17. The number of fused-ring (bicyclic) bond motifs is 1. The van der Waals surface area contributed by atoms with Crippen molar-refractivity contribution in [3.8, 4) is 0 Å². The minimum Gasteiger partial charge on any atom is -0.333 e. The quantitative estimate of drug-likeness (QED) is 0.676. The van der Waals surface area contributed by atoms with Gasteiger partial charge >= 0.3 is 0 Å². The van der Waals surface area contributed by atoms with Gasteiger partial charge in [0, 0.05) is 12.6 Å². The van der Waals surface area contributed by atoms with Gasteiger partial charge in [-0.1, -0.05) is 42.5 Å². The lowest BCUT2D eigenvalue weighted by atomic mass is 10.1. The fourth-order valence-corrected chi connectivity index (χ4v) is 7.07. The number of rotatable bonds is 5. The Labute approximate surface area is 175 Å². The Bertz CT molecular complexity index is 1210. The summed E-state index contributed by atoms with van der Waals surface area (Å²) in [6.07, 6.45) is 0.280. The van der Waals surface area contributed by atoms with E-state index in [-0.39, 0.29) is 34.9 Å². The normalized spacial score (nSPS) is 21.4. The minimum atomic E-state index is -4.13. The van der Waals surface area contributed by atoms with Gasteiger partial charge in [0.05, 0.1) is 17.1 Å². The summed E-state index contributed by atoms with van der Waals surface area (Å²) in [5.74, 6) is -1.56. The van der Waals surface area contributed by atoms with Crippen LogP contribution in [0, 0.1) is 0 Å². The topological polar surface area (TPSA) is 109 Å². The van der Waals surface area contributed by atoms with Crippen LogP contribution in [0.3, 0.4) is 0 Å². The van der Waals surface area contributed by atoms with Crippen molar-refractivity contribution in [3.63, 3.8) is 0 Å². The molecule has 8 nitrogen and oxygen atoms in total. The minimum absolute atomic E-state index is 0.0252. The van der Waals surface area contributed by atoms with Crippen LogP contribution in [0.2, 0.25) is 0 Å². The monoisotopic (exact) mass is 448 g/mol. The second-order valence-corrected chi connectivity index (χ2v) is 11.4. The van der Waals surface area contributed by atoms with Crippen LogP contribution in [0.5, 0.6) is 0 Å². The highest BCUT2D eigenvalue weighted by Gasteiger charge is 2.43. The van der Waals surface area contributed by atoms with Gasteiger partial charge in [0.2, 0.25) is 5.91 Å². The molecule has 2 heterocycles. The highest BCUT2D eigenvalue weighted by molar-refractivity contribution is 7.91. The molecule has 1 atom stereocenters. The lowest BCUT2D eigenvalue weighted by Crippen LogP contribution is -2.47. The van der Waals surface area contributed by atoms with Gasteiger partial charge in [0.25, 0.3) is 15.9 Å². The molecule has 2 aromatic rings. The molecule has 0 aromatic heterocycles. The van der Waals surface area contributed by atoms with E-state index in [0.29, 0.717) is 4.31 Å². The maximum Gasteiger partial charge on any atom is 0.269 e. The first-order valence-electron chi connectivity index (χ1n) is 9.39. The Morgan fingerprint density at radius 1 is 1.00 bits per heavy atom. The maximum atomic E-state index is 13.2. The largest absolute Gasteiger partial charge is 0.333 e. The summed E-state index contributed by atoms with van der Waals surface area (Å²) in [4.78, 5) is 27.0. The van der Waals surface area contributed by atoms with Gasteiger partial charge in [-0.25, -0.2) is 21.1 Å². The lowest BCUT2D eigenvalue weighted by molar-refractivity contribution is -0.133. The third-order valence-electron chi connectivity index (χ3n) is 5.36. The third kappa shape index (κ3) is 3.72. The molecule has 2 aromatic carbocycles. The molecular weight excluding hydrogens is 428 g/mol. The molecule has 2 aliphatic rings. The van der Waals surface area contributed by atoms with E-state index in [1.807, 2.05) is 6.07 Å². The first kappa shape index (κ1) is 20.5. The third-order valence-corrected chi connectivity index (χ3v) is 8.89. The SMILES string of the molecule is O=C(CN1C(=O)c2ccccc2S1(=O)=O)N(Cc1ccccc1)[C@H]1CCS(=O)(=O)C1. The maximum absolute atomic E-state index is 13.2. The number of sulfonamides is 1. The fraction of sp³-hybridized carbons (Fsp3) is 0.300. The summed E-state index contributed by atoms with van der Waals surface area (Å²) < 4.78 is 50.1. The zero-order valence-corrected chi connectivity index (χ0v) is 17.6. The molecule has 158 valence electrons. The standard InChI is InChI=1S/C20H20N2O6S2/c23-19(13-22-20(24)17-8-4-5-9-18(17)30(22,27)28)21(12-15-6-2-1-3-7-15)16-10-11-29(25,26)14-16/h1-9,16H,10-14H2/t16-/m0/s1. The number of carbonyl (C=O) groups excluding carboxylic acids is 2. The Kier molecular flexibility index (Phi) is 5.15. The van der Waals surface area contributed by atoms with Crippen LogP contribution in [0.25, 0.3) is 0 Å². The van der Waals surface area contributed by atoms with E-state index in [1.165, 1.54) is 23.1 Å².